The summed E-state index contributed by atoms with van der Waals surface area (Å²) in [5.74, 6) is -0.310. The van der Waals surface area contributed by atoms with Crippen molar-refractivity contribution in [2.24, 2.45) is 0 Å². The average molecular weight is 514 g/mol. The molecular weight excluding hydrogens is 476 g/mol. The number of halogens is 2. The van der Waals surface area contributed by atoms with Gasteiger partial charge < -0.3 is 14.9 Å². The van der Waals surface area contributed by atoms with Crippen molar-refractivity contribution < 1.29 is 19.7 Å². The summed E-state index contributed by atoms with van der Waals surface area (Å²) in [6, 6.07) is 0. The van der Waals surface area contributed by atoms with E-state index in [1.807, 2.05) is 0 Å². The molecule has 0 radical (unpaired) electrons. The first-order valence-electron chi connectivity index (χ1n) is 10.4. The number of carbonyl (C=O) groups is 1. The van der Waals surface area contributed by atoms with Gasteiger partial charge in [0.15, 0.2) is 0 Å². The number of hydrogen-bond acceptors (Lipinski definition) is 4. The second-order valence-corrected chi connectivity index (χ2v) is 9.30. The van der Waals surface area contributed by atoms with Crippen LogP contribution in [0, 0.1) is 0 Å². The van der Waals surface area contributed by atoms with Crippen LogP contribution in [0.2, 0.25) is 0 Å². The zero-order valence-corrected chi connectivity index (χ0v) is 19.9. The zero-order valence-electron chi connectivity index (χ0n) is 16.8. The van der Waals surface area contributed by atoms with E-state index in [-0.39, 0.29) is 19.2 Å². The predicted octanol–water partition coefficient (Wildman–Crippen LogP) is 5.67. The normalized spacial score (nSPS) is 15.0. The maximum atomic E-state index is 11.4. The Kier molecular flexibility index (Phi) is 19.5. The number of carbonyl (C=O) groups excluding carboxylic acids is 1. The van der Waals surface area contributed by atoms with Crippen LogP contribution in [0.4, 0.5) is 0 Å². The molecule has 0 spiro atoms. The lowest BCUT2D eigenvalue weighted by Gasteiger charge is -2.13. The van der Waals surface area contributed by atoms with Crippen molar-refractivity contribution in [2.45, 2.75) is 99.7 Å². The van der Waals surface area contributed by atoms with Crippen LogP contribution in [-0.2, 0) is 9.53 Å². The molecule has 0 saturated carbocycles. The number of aliphatic hydroxyl groups excluding tert-OH is 2. The second kappa shape index (κ2) is 19.4. The van der Waals surface area contributed by atoms with Crippen molar-refractivity contribution in [1.82, 2.24) is 0 Å². The van der Waals surface area contributed by atoms with Gasteiger partial charge in [-0.05, 0) is 25.7 Å². The molecule has 0 heterocycles. The van der Waals surface area contributed by atoms with Crippen LogP contribution in [0.1, 0.15) is 84.0 Å². The standard InChI is InChI=1S/C21H38Br2O4/c1-2-3-4-5-7-10-13-19(22)20(23)14-11-8-6-9-12-15-21(26)27-17-18(25)16-24/h11,14,18-20,24-25H,2-10,12-13,15-17H2,1H3/b14-11-. The van der Waals surface area contributed by atoms with Crippen molar-refractivity contribution in [1.29, 1.82) is 0 Å². The van der Waals surface area contributed by atoms with Gasteiger partial charge in [-0.2, -0.15) is 0 Å². The van der Waals surface area contributed by atoms with E-state index < -0.39 is 6.10 Å². The smallest absolute Gasteiger partial charge is 0.305 e. The van der Waals surface area contributed by atoms with E-state index >= 15 is 0 Å². The average Bonchev–Trinajstić information content (AvgIpc) is 2.67. The van der Waals surface area contributed by atoms with Gasteiger partial charge in [0.25, 0.3) is 0 Å². The molecular formula is C21H38Br2O4. The summed E-state index contributed by atoms with van der Waals surface area (Å²) >= 11 is 7.52. The molecule has 2 N–H and O–H groups in total. The maximum absolute atomic E-state index is 11.4. The molecule has 0 aromatic carbocycles. The largest absolute Gasteiger partial charge is 0.463 e. The van der Waals surface area contributed by atoms with E-state index in [1.54, 1.807) is 0 Å². The van der Waals surface area contributed by atoms with Gasteiger partial charge in [-0.15, -0.1) is 0 Å². The van der Waals surface area contributed by atoms with E-state index in [4.69, 9.17) is 14.9 Å². The minimum Gasteiger partial charge on any atom is -0.463 e. The summed E-state index contributed by atoms with van der Waals surface area (Å²) in [6.07, 6.45) is 16.8. The number of allylic oxidation sites excluding steroid dienone is 2. The molecule has 3 atom stereocenters. The molecule has 0 rings (SSSR count). The summed E-state index contributed by atoms with van der Waals surface area (Å²) in [5.41, 5.74) is 0. The summed E-state index contributed by atoms with van der Waals surface area (Å²) in [7, 11) is 0. The number of unbranched alkanes of at least 4 members (excludes halogenated alkanes) is 8. The fourth-order valence-electron chi connectivity index (χ4n) is 2.65. The van der Waals surface area contributed by atoms with Gasteiger partial charge >= 0.3 is 5.97 Å². The lowest BCUT2D eigenvalue weighted by molar-refractivity contribution is -0.147. The molecule has 0 bridgehead atoms. The number of ether oxygens (including phenoxy) is 1. The fraction of sp³-hybridized carbons (Fsp3) is 0.857. The summed E-state index contributed by atoms with van der Waals surface area (Å²) in [6.45, 7) is 1.73. The van der Waals surface area contributed by atoms with Crippen LogP contribution < -0.4 is 0 Å². The Morgan fingerprint density at radius 3 is 2.41 bits per heavy atom. The van der Waals surface area contributed by atoms with Gasteiger partial charge in [-0.3, -0.25) is 4.79 Å². The first kappa shape index (κ1) is 27.1. The van der Waals surface area contributed by atoms with E-state index in [9.17, 15) is 4.79 Å². The summed E-state index contributed by atoms with van der Waals surface area (Å²) in [4.78, 5) is 12.3. The topological polar surface area (TPSA) is 66.8 Å². The second-order valence-electron chi connectivity index (χ2n) is 7.06. The van der Waals surface area contributed by atoms with Crippen molar-refractivity contribution in [3.05, 3.63) is 12.2 Å². The Labute approximate surface area is 182 Å². The van der Waals surface area contributed by atoms with Gasteiger partial charge in [0.2, 0.25) is 0 Å². The molecule has 4 nitrogen and oxygen atoms in total. The molecule has 0 saturated heterocycles. The van der Waals surface area contributed by atoms with Crippen molar-refractivity contribution in [3.63, 3.8) is 0 Å². The Morgan fingerprint density at radius 1 is 1.04 bits per heavy atom. The van der Waals surface area contributed by atoms with Crippen LogP contribution >= 0.6 is 31.9 Å². The highest BCUT2D eigenvalue weighted by molar-refractivity contribution is 9.12. The summed E-state index contributed by atoms with van der Waals surface area (Å²) in [5, 5.41) is 17.8. The third-order valence-electron chi connectivity index (χ3n) is 4.40. The molecule has 0 aromatic rings. The van der Waals surface area contributed by atoms with Gasteiger partial charge in [-0.1, -0.05) is 95.9 Å². The molecule has 27 heavy (non-hydrogen) atoms. The molecule has 0 aliphatic heterocycles. The van der Waals surface area contributed by atoms with Crippen LogP contribution in [0.3, 0.4) is 0 Å². The fourth-order valence-corrected chi connectivity index (χ4v) is 3.63. The number of alkyl halides is 2. The van der Waals surface area contributed by atoms with E-state index in [0.717, 1.165) is 25.7 Å². The molecule has 0 aliphatic rings. The van der Waals surface area contributed by atoms with Gasteiger partial charge in [0.1, 0.15) is 12.7 Å². The van der Waals surface area contributed by atoms with Crippen molar-refractivity contribution in [2.75, 3.05) is 13.2 Å². The highest BCUT2D eigenvalue weighted by atomic mass is 79.9. The monoisotopic (exact) mass is 512 g/mol. The highest BCUT2D eigenvalue weighted by Gasteiger charge is 2.12. The van der Waals surface area contributed by atoms with Gasteiger partial charge in [-0.25, -0.2) is 0 Å². The van der Waals surface area contributed by atoms with Crippen LogP contribution in [0.5, 0.6) is 0 Å². The number of rotatable bonds is 18. The zero-order chi connectivity index (χ0) is 20.3. The number of esters is 1. The van der Waals surface area contributed by atoms with Crippen molar-refractivity contribution in [3.8, 4) is 0 Å². The molecule has 160 valence electrons. The first-order valence-corrected chi connectivity index (χ1v) is 12.2. The highest BCUT2D eigenvalue weighted by Crippen LogP contribution is 2.22. The quantitative estimate of drug-likeness (QED) is 0.107. The predicted molar refractivity (Wildman–Crippen MR) is 120 cm³/mol. The molecule has 0 fully saturated rings. The van der Waals surface area contributed by atoms with E-state index in [0.29, 0.717) is 16.1 Å². The minimum absolute atomic E-state index is 0.128. The third kappa shape index (κ3) is 17.9. The summed E-state index contributed by atoms with van der Waals surface area (Å²) < 4.78 is 4.87. The van der Waals surface area contributed by atoms with Crippen LogP contribution in [0.15, 0.2) is 12.2 Å². The van der Waals surface area contributed by atoms with Crippen LogP contribution in [0.25, 0.3) is 0 Å². The van der Waals surface area contributed by atoms with E-state index in [1.165, 1.54) is 44.9 Å². The first-order chi connectivity index (χ1) is 13.0. The lowest BCUT2D eigenvalue weighted by atomic mass is 10.1. The molecule has 0 amide bonds. The maximum Gasteiger partial charge on any atom is 0.305 e. The molecule has 0 aromatic heterocycles. The Bertz CT molecular complexity index is 377. The van der Waals surface area contributed by atoms with Gasteiger partial charge in [0, 0.05) is 16.1 Å². The Morgan fingerprint density at radius 2 is 1.70 bits per heavy atom. The molecule has 0 aliphatic carbocycles. The van der Waals surface area contributed by atoms with Crippen molar-refractivity contribution >= 4 is 37.8 Å². The van der Waals surface area contributed by atoms with E-state index in [2.05, 4.69) is 50.9 Å². The van der Waals surface area contributed by atoms with Crippen LogP contribution in [-0.4, -0.2) is 45.2 Å². The number of aliphatic hydroxyl groups is 2. The SMILES string of the molecule is CCCCCCCCC(Br)C(Br)/C=C\CCCCCC(=O)OCC(O)CO. The third-order valence-corrected chi connectivity index (χ3v) is 7.08. The minimum atomic E-state index is -0.976. The Hall–Kier alpha value is 0.0900. The molecule has 3 unspecified atom stereocenters. The number of hydrogen-bond donors (Lipinski definition) is 2. The van der Waals surface area contributed by atoms with Gasteiger partial charge in [0.05, 0.1) is 6.61 Å². The molecule has 6 heteroatoms. The lowest BCUT2D eigenvalue weighted by Crippen LogP contribution is -2.21. The Balaban J connectivity index is 3.59.